The zero-order valence-corrected chi connectivity index (χ0v) is 16.6. The summed E-state index contributed by atoms with van der Waals surface area (Å²) >= 11 is 5.91. The summed E-state index contributed by atoms with van der Waals surface area (Å²) in [5.74, 6) is -0.444. The number of amides is 1. The molecule has 10 heteroatoms. The predicted octanol–water partition coefficient (Wildman–Crippen LogP) is 2.15. The second-order valence-corrected chi connectivity index (χ2v) is 8.27. The van der Waals surface area contributed by atoms with E-state index in [2.05, 4.69) is 5.32 Å². The lowest BCUT2D eigenvalue weighted by molar-refractivity contribution is -0.116. The number of hydrogen-bond donors (Lipinski definition) is 2. The normalized spacial score (nSPS) is 11.7. The van der Waals surface area contributed by atoms with Crippen molar-refractivity contribution in [2.24, 2.45) is 5.14 Å². The topological polar surface area (TPSA) is 116 Å². The monoisotopic (exact) mass is 422 g/mol. The summed E-state index contributed by atoms with van der Waals surface area (Å²) in [6.45, 7) is 2.07. The average molecular weight is 423 g/mol. The number of nitrogens with two attached hydrogens (primary N) is 1. The lowest BCUT2D eigenvalue weighted by Crippen LogP contribution is -2.29. The SMILES string of the molecule is CCCn1c(=O)n(CC(=O)Nc2cccc(Cl)c2)c2cc(S(N)(=O)=O)ccc21. The zero-order valence-electron chi connectivity index (χ0n) is 15.1. The van der Waals surface area contributed by atoms with Crippen LogP contribution in [0.2, 0.25) is 5.02 Å². The number of fused-ring (bicyclic) bond motifs is 1. The summed E-state index contributed by atoms with van der Waals surface area (Å²) in [5, 5.41) is 8.34. The van der Waals surface area contributed by atoms with E-state index in [1.165, 1.54) is 27.3 Å². The van der Waals surface area contributed by atoms with Crippen LogP contribution in [0.3, 0.4) is 0 Å². The van der Waals surface area contributed by atoms with Gasteiger partial charge in [-0.05, 0) is 42.8 Å². The minimum Gasteiger partial charge on any atom is -0.324 e. The van der Waals surface area contributed by atoms with Crippen molar-refractivity contribution in [3.05, 3.63) is 58.0 Å². The van der Waals surface area contributed by atoms with Crippen molar-refractivity contribution < 1.29 is 13.2 Å². The van der Waals surface area contributed by atoms with E-state index < -0.39 is 21.6 Å². The second kappa shape index (κ2) is 7.78. The van der Waals surface area contributed by atoms with Crippen LogP contribution in [-0.4, -0.2) is 23.5 Å². The molecule has 1 heterocycles. The van der Waals surface area contributed by atoms with E-state index in [1.807, 2.05) is 6.92 Å². The molecule has 0 fully saturated rings. The highest BCUT2D eigenvalue weighted by atomic mass is 35.5. The van der Waals surface area contributed by atoms with E-state index in [1.54, 1.807) is 24.3 Å². The third kappa shape index (κ3) is 4.11. The van der Waals surface area contributed by atoms with Crippen LogP contribution in [-0.2, 0) is 27.9 Å². The number of sulfonamides is 1. The van der Waals surface area contributed by atoms with Crippen LogP contribution in [0, 0.1) is 0 Å². The number of halogens is 1. The van der Waals surface area contributed by atoms with Crippen molar-refractivity contribution in [2.75, 3.05) is 5.32 Å². The number of aryl methyl sites for hydroxylation is 1. The number of aromatic nitrogens is 2. The van der Waals surface area contributed by atoms with Crippen LogP contribution in [0.4, 0.5) is 5.69 Å². The molecule has 0 aliphatic carbocycles. The van der Waals surface area contributed by atoms with Gasteiger partial charge in [-0.1, -0.05) is 24.6 Å². The third-order valence-corrected chi connectivity index (χ3v) is 5.32. The first-order valence-corrected chi connectivity index (χ1v) is 10.4. The summed E-state index contributed by atoms with van der Waals surface area (Å²) < 4.78 is 26.1. The smallest absolute Gasteiger partial charge is 0.324 e. The molecule has 0 aliphatic rings. The van der Waals surface area contributed by atoms with Gasteiger partial charge in [0.15, 0.2) is 0 Å². The number of benzene rings is 2. The lowest BCUT2D eigenvalue weighted by atomic mass is 10.3. The van der Waals surface area contributed by atoms with Crippen LogP contribution in [0.5, 0.6) is 0 Å². The predicted molar refractivity (Wildman–Crippen MR) is 108 cm³/mol. The van der Waals surface area contributed by atoms with Crippen molar-refractivity contribution in [3.8, 4) is 0 Å². The summed E-state index contributed by atoms with van der Waals surface area (Å²) in [7, 11) is -3.95. The largest absolute Gasteiger partial charge is 0.329 e. The second-order valence-electron chi connectivity index (χ2n) is 6.27. The minimum atomic E-state index is -3.95. The van der Waals surface area contributed by atoms with Gasteiger partial charge in [0.05, 0.1) is 15.9 Å². The fourth-order valence-corrected chi connectivity index (χ4v) is 3.70. The van der Waals surface area contributed by atoms with Crippen molar-refractivity contribution in [1.29, 1.82) is 0 Å². The van der Waals surface area contributed by atoms with Gasteiger partial charge in [0, 0.05) is 17.3 Å². The molecular formula is C18H19ClN4O4S. The maximum absolute atomic E-state index is 12.8. The molecule has 0 bridgehead atoms. The summed E-state index contributed by atoms with van der Waals surface area (Å²) in [4.78, 5) is 25.2. The minimum absolute atomic E-state index is 0.127. The summed E-state index contributed by atoms with van der Waals surface area (Å²) in [5.41, 5.74) is 0.957. The van der Waals surface area contributed by atoms with E-state index in [0.717, 1.165) is 0 Å². The molecule has 1 aromatic heterocycles. The maximum Gasteiger partial charge on any atom is 0.329 e. The van der Waals surface area contributed by atoms with E-state index in [9.17, 15) is 18.0 Å². The fourth-order valence-electron chi connectivity index (χ4n) is 2.98. The Balaban J connectivity index is 2.04. The highest BCUT2D eigenvalue weighted by Crippen LogP contribution is 2.19. The van der Waals surface area contributed by atoms with Crippen molar-refractivity contribution in [1.82, 2.24) is 9.13 Å². The van der Waals surface area contributed by atoms with E-state index in [4.69, 9.17) is 16.7 Å². The average Bonchev–Trinajstić information content (AvgIpc) is 2.86. The highest BCUT2D eigenvalue weighted by Gasteiger charge is 2.18. The Hall–Kier alpha value is -2.62. The van der Waals surface area contributed by atoms with E-state index >= 15 is 0 Å². The van der Waals surface area contributed by atoms with Crippen LogP contribution in [0.15, 0.2) is 52.2 Å². The number of carbonyl (C=O) groups excluding carboxylic acids is 1. The molecule has 0 aliphatic heterocycles. The number of nitrogens with zero attached hydrogens (tertiary/aromatic N) is 2. The molecule has 0 spiro atoms. The van der Waals surface area contributed by atoms with Crippen molar-refractivity contribution >= 4 is 44.3 Å². The Morgan fingerprint density at radius 2 is 1.89 bits per heavy atom. The summed E-state index contributed by atoms with van der Waals surface area (Å²) in [6.07, 6.45) is 0.699. The fraction of sp³-hybridized carbons (Fsp3) is 0.222. The van der Waals surface area contributed by atoms with Gasteiger partial charge in [-0.25, -0.2) is 18.4 Å². The third-order valence-electron chi connectivity index (χ3n) is 4.18. The Kier molecular flexibility index (Phi) is 5.59. The number of primary sulfonamides is 1. The molecule has 0 unspecified atom stereocenters. The van der Waals surface area contributed by atoms with Crippen molar-refractivity contribution in [3.63, 3.8) is 0 Å². The van der Waals surface area contributed by atoms with Gasteiger partial charge in [0.2, 0.25) is 15.9 Å². The lowest BCUT2D eigenvalue weighted by Gasteiger charge is -2.07. The summed E-state index contributed by atoms with van der Waals surface area (Å²) in [6, 6.07) is 10.8. The number of hydrogen-bond acceptors (Lipinski definition) is 4. The van der Waals surface area contributed by atoms with Crippen LogP contribution in [0.25, 0.3) is 11.0 Å². The molecule has 148 valence electrons. The van der Waals surface area contributed by atoms with Crippen LogP contribution < -0.4 is 16.1 Å². The standard InChI is InChI=1S/C18H19ClN4O4S/c1-2-8-22-15-7-6-14(28(20,26)27)10-16(15)23(18(22)25)11-17(24)21-13-5-3-4-12(19)9-13/h3-7,9-10H,2,8,11H2,1H3,(H,21,24)(H2,20,26,27). The molecule has 3 N–H and O–H groups in total. The van der Waals surface area contributed by atoms with Gasteiger partial charge in [0.25, 0.3) is 0 Å². The number of imidazole rings is 1. The molecule has 28 heavy (non-hydrogen) atoms. The molecule has 8 nitrogen and oxygen atoms in total. The number of carbonyl (C=O) groups is 1. The van der Waals surface area contributed by atoms with Gasteiger partial charge in [-0.3, -0.25) is 13.9 Å². The highest BCUT2D eigenvalue weighted by molar-refractivity contribution is 7.89. The molecule has 0 atom stereocenters. The molecule has 0 radical (unpaired) electrons. The molecule has 2 aromatic carbocycles. The number of nitrogens with one attached hydrogen (secondary N) is 1. The first-order chi connectivity index (χ1) is 13.2. The zero-order chi connectivity index (χ0) is 20.5. The van der Waals surface area contributed by atoms with Crippen LogP contribution in [0.1, 0.15) is 13.3 Å². The van der Waals surface area contributed by atoms with Gasteiger partial charge in [0.1, 0.15) is 6.54 Å². The molecular weight excluding hydrogens is 404 g/mol. The Bertz CT molecular complexity index is 1210. The first-order valence-electron chi connectivity index (χ1n) is 8.52. The Labute approximate surface area is 166 Å². The molecule has 0 saturated carbocycles. The molecule has 3 rings (SSSR count). The first kappa shape index (κ1) is 20.1. The maximum atomic E-state index is 12.8. The Morgan fingerprint density at radius 1 is 1.14 bits per heavy atom. The molecule has 3 aromatic rings. The van der Waals surface area contributed by atoms with Gasteiger partial charge in [-0.2, -0.15) is 0 Å². The van der Waals surface area contributed by atoms with Crippen molar-refractivity contribution in [2.45, 2.75) is 31.3 Å². The Morgan fingerprint density at radius 3 is 2.54 bits per heavy atom. The van der Waals surface area contributed by atoms with Gasteiger partial charge < -0.3 is 5.32 Å². The quantitative estimate of drug-likeness (QED) is 0.633. The van der Waals surface area contributed by atoms with Gasteiger partial charge >= 0.3 is 5.69 Å². The van der Waals surface area contributed by atoms with Crippen LogP contribution >= 0.6 is 11.6 Å². The number of anilines is 1. The number of rotatable bonds is 6. The van der Waals surface area contributed by atoms with Gasteiger partial charge in [-0.15, -0.1) is 0 Å². The molecule has 1 amide bonds. The van der Waals surface area contributed by atoms with E-state index in [-0.39, 0.29) is 11.4 Å². The van der Waals surface area contributed by atoms with E-state index in [0.29, 0.717) is 34.7 Å². The molecule has 0 saturated heterocycles.